The van der Waals surface area contributed by atoms with E-state index in [1.54, 1.807) is 6.07 Å². The van der Waals surface area contributed by atoms with Crippen molar-refractivity contribution >= 4 is 42.8 Å². The molecular formula is C10H7ClO2S3. The Bertz CT molecular complexity index is 575. The van der Waals surface area contributed by atoms with Gasteiger partial charge in [0.2, 0.25) is 0 Å². The van der Waals surface area contributed by atoms with E-state index in [-0.39, 0.29) is 4.21 Å². The summed E-state index contributed by atoms with van der Waals surface area (Å²) in [6, 6.07) is 13.0. The molecule has 1 aromatic carbocycles. The van der Waals surface area contributed by atoms with Gasteiger partial charge in [0.25, 0.3) is 9.05 Å². The molecule has 6 heteroatoms. The zero-order valence-corrected chi connectivity index (χ0v) is 11.2. The molecule has 2 nitrogen and oxygen atoms in total. The van der Waals surface area contributed by atoms with Crippen molar-refractivity contribution in [3.8, 4) is 0 Å². The van der Waals surface area contributed by atoms with Crippen LogP contribution >= 0.6 is 33.8 Å². The molecule has 0 aliphatic rings. The van der Waals surface area contributed by atoms with Gasteiger partial charge in [-0.1, -0.05) is 30.0 Å². The maximum absolute atomic E-state index is 11.1. The van der Waals surface area contributed by atoms with Crippen LogP contribution in [0.1, 0.15) is 0 Å². The van der Waals surface area contributed by atoms with E-state index in [9.17, 15) is 8.42 Å². The Labute approximate surface area is 107 Å². The van der Waals surface area contributed by atoms with Crippen LogP contribution in [-0.2, 0) is 9.05 Å². The summed E-state index contributed by atoms with van der Waals surface area (Å²) in [6.07, 6.45) is 0. The van der Waals surface area contributed by atoms with Crippen LogP contribution in [0.15, 0.2) is 55.8 Å². The zero-order valence-electron chi connectivity index (χ0n) is 7.96. The molecule has 1 heterocycles. The highest BCUT2D eigenvalue weighted by Gasteiger charge is 2.13. The smallest absolute Gasteiger partial charge is 0.206 e. The lowest BCUT2D eigenvalue weighted by Crippen LogP contribution is -1.82. The summed E-state index contributed by atoms with van der Waals surface area (Å²) in [6.45, 7) is 0. The van der Waals surface area contributed by atoms with Crippen LogP contribution < -0.4 is 0 Å². The van der Waals surface area contributed by atoms with E-state index in [1.807, 2.05) is 30.3 Å². The van der Waals surface area contributed by atoms with Crippen LogP contribution in [-0.4, -0.2) is 8.42 Å². The summed E-state index contributed by atoms with van der Waals surface area (Å²) < 4.78 is 23.2. The molecule has 0 unspecified atom stereocenters. The molecule has 2 rings (SSSR count). The fourth-order valence-corrected chi connectivity index (χ4v) is 4.44. The minimum atomic E-state index is -3.60. The third-order valence-electron chi connectivity index (χ3n) is 1.76. The molecule has 0 spiro atoms. The summed E-state index contributed by atoms with van der Waals surface area (Å²) in [5, 5.41) is 0. The Kier molecular flexibility index (Phi) is 3.59. The summed E-state index contributed by atoms with van der Waals surface area (Å²) in [5.41, 5.74) is 0. The highest BCUT2D eigenvalue weighted by molar-refractivity contribution is 8.15. The number of thiophene rings is 1. The summed E-state index contributed by atoms with van der Waals surface area (Å²) in [7, 11) is 1.65. The molecule has 0 saturated heterocycles. The minimum Gasteiger partial charge on any atom is -0.206 e. The molecular weight excluding hydrogens is 284 g/mol. The zero-order chi connectivity index (χ0) is 11.6. The van der Waals surface area contributed by atoms with E-state index >= 15 is 0 Å². The van der Waals surface area contributed by atoms with Crippen molar-refractivity contribution in [1.29, 1.82) is 0 Å². The first-order valence-corrected chi connectivity index (χ1v) is 8.27. The lowest BCUT2D eigenvalue weighted by Gasteiger charge is -1.96. The summed E-state index contributed by atoms with van der Waals surface area (Å²) >= 11 is 2.70. The topological polar surface area (TPSA) is 34.1 Å². The number of halogens is 1. The third kappa shape index (κ3) is 3.01. The van der Waals surface area contributed by atoms with Crippen molar-refractivity contribution in [2.45, 2.75) is 13.3 Å². The maximum atomic E-state index is 11.1. The van der Waals surface area contributed by atoms with Crippen molar-refractivity contribution in [2.75, 3.05) is 0 Å². The number of hydrogen-bond donors (Lipinski definition) is 0. The molecule has 0 bridgehead atoms. The number of rotatable bonds is 3. The maximum Gasteiger partial charge on any atom is 0.270 e. The molecule has 0 atom stereocenters. The highest BCUT2D eigenvalue weighted by Crippen LogP contribution is 2.35. The van der Waals surface area contributed by atoms with Gasteiger partial charge in [-0.2, -0.15) is 0 Å². The molecule has 0 saturated carbocycles. The monoisotopic (exact) mass is 290 g/mol. The molecule has 2 aromatic rings. The Morgan fingerprint density at radius 3 is 2.31 bits per heavy atom. The van der Waals surface area contributed by atoms with Crippen LogP contribution in [0.5, 0.6) is 0 Å². The Morgan fingerprint density at radius 2 is 1.75 bits per heavy atom. The predicted molar refractivity (Wildman–Crippen MR) is 67.9 cm³/mol. The van der Waals surface area contributed by atoms with E-state index in [0.29, 0.717) is 0 Å². The molecule has 0 radical (unpaired) electrons. The molecule has 0 N–H and O–H groups in total. The first-order chi connectivity index (χ1) is 7.55. The molecule has 0 amide bonds. The lowest BCUT2D eigenvalue weighted by molar-refractivity contribution is 0.611. The fourth-order valence-electron chi connectivity index (χ4n) is 1.09. The molecule has 1 aromatic heterocycles. The average molecular weight is 291 g/mol. The van der Waals surface area contributed by atoms with E-state index < -0.39 is 9.05 Å². The second-order valence-electron chi connectivity index (χ2n) is 2.93. The van der Waals surface area contributed by atoms with Crippen LogP contribution in [0.3, 0.4) is 0 Å². The van der Waals surface area contributed by atoms with E-state index in [2.05, 4.69) is 0 Å². The van der Waals surface area contributed by atoms with Gasteiger partial charge < -0.3 is 0 Å². The van der Waals surface area contributed by atoms with Gasteiger partial charge in [-0.15, -0.1) is 11.3 Å². The van der Waals surface area contributed by atoms with Crippen molar-refractivity contribution < 1.29 is 8.42 Å². The van der Waals surface area contributed by atoms with Gasteiger partial charge in [0, 0.05) is 15.6 Å². The normalized spacial score (nSPS) is 11.6. The molecule has 84 valence electrons. The number of hydrogen-bond acceptors (Lipinski definition) is 4. The highest BCUT2D eigenvalue weighted by atomic mass is 35.7. The van der Waals surface area contributed by atoms with Gasteiger partial charge >= 0.3 is 0 Å². The summed E-state index contributed by atoms with van der Waals surface area (Å²) in [4.78, 5) is 1.07. The first-order valence-electron chi connectivity index (χ1n) is 4.33. The van der Waals surface area contributed by atoms with Gasteiger partial charge in [-0.25, -0.2) is 8.42 Å². The second kappa shape index (κ2) is 4.79. The Balaban J connectivity index is 2.22. The SMILES string of the molecule is O=S(=O)(Cl)c1ccc(Sc2ccccc2)s1. The molecule has 0 aliphatic heterocycles. The number of benzene rings is 1. The lowest BCUT2D eigenvalue weighted by atomic mass is 10.4. The van der Waals surface area contributed by atoms with Crippen LogP contribution in [0, 0.1) is 0 Å². The van der Waals surface area contributed by atoms with Crippen LogP contribution in [0.25, 0.3) is 0 Å². The second-order valence-corrected chi connectivity index (χ2v) is 8.18. The van der Waals surface area contributed by atoms with Crippen molar-refractivity contribution in [3.63, 3.8) is 0 Å². The molecule has 0 aliphatic carbocycles. The van der Waals surface area contributed by atoms with E-state index in [0.717, 1.165) is 9.10 Å². The third-order valence-corrected chi connectivity index (χ3v) is 6.08. The molecule has 16 heavy (non-hydrogen) atoms. The van der Waals surface area contributed by atoms with Crippen molar-refractivity contribution in [2.24, 2.45) is 0 Å². The predicted octanol–water partition coefficient (Wildman–Crippen LogP) is 3.83. The van der Waals surface area contributed by atoms with Gasteiger partial charge in [-0.05, 0) is 24.3 Å². The van der Waals surface area contributed by atoms with E-state index in [1.165, 1.54) is 29.2 Å². The Hall–Kier alpha value is -0.490. The van der Waals surface area contributed by atoms with Gasteiger partial charge in [0.15, 0.2) is 0 Å². The van der Waals surface area contributed by atoms with E-state index in [4.69, 9.17) is 10.7 Å². The average Bonchev–Trinajstić information content (AvgIpc) is 2.67. The fraction of sp³-hybridized carbons (Fsp3) is 0. The Morgan fingerprint density at radius 1 is 1.06 bits per heavy atom. The van der Waals surface area contributed by atoms with Gasteiger partial charge in [-0.3, -0.25) is 0 Å². The van der Waals surface area contributed by atoms with Crippen LogP contribution in [0.2, 0.25) is 0 Å². The first kappa shape index (κ1) is 12.0. The standard InChI is InChI=1S/C10H7ClO2S3/c11-16(12,13)10-7-6-9(15-10)14-8-4-2-1-3-5-8/h1-7H. The van der Waals surface area contributed by atoms with Crippen molar-refractivity contribution in [1.82, 2.24) is 0 Å². The largest absolute Gasteiger partial charge is 0.270 e. The van der Waals surface area contributed by atoms with Crippen LogP contribution in [0.4, 0.5) is 0 Å². The van der Waals surface area contributed by atoms with Crippen molar-refractivity contribution in [3.05, 3.63) is 42.5 Å². The minimum absolute atomic E-state index is 0.188. The molecule has 0 fully saturated rings. The van der Waals surface area contributed by atoms with Gasteiger partial charge in [0.1, 0.15) is 4.21 Å². The van der Waals surface area contributed by atoms with Gasteiger partial charge in [0.05, 0.1) is 4.21 Å². The summed E-state index contributed by atoms with van der Waals surface area (Å²) in [5.74, 6) is 0. The quantitative estimate of drug-likeness (QED) is 0.806.